The fraction of sp³-hybridized carbons (Fsp3) is 0.352. The number of carboxylic acids is 1. The Morgan fingerprint density at radius 1 is 0.843 bits per heavy atom. The fourth-order valence-corrected chi connectivity index (χ4v) is 10.7. The number of carboxylic acid groups (broad SMARTS) is 1. The molecule has 2 saturated heterocycles. The van der Waals surface area contributed by atoms with Gasteiger partial charge >= 0.3 is 5.97 Å². The van der Waals surface area contributed by atoms with E-state index in [0.29, 0.717) is 60.2 Å². The number of hydrogen-bond acceptors (Lipinski definition) is 13. The van der Waals surface area contributed by atoms with Crippen LogP contribution >= 0.6 is 11.3 Å². The molecule has 3 aliphatic heterocycles. The van der Waals surface area contributed by atoms with Crippen LogP contribution in [0.15, 0.2) is 91.0 Å². The average Bonchev–Trinajstić information content (AvgIpc) is 3.79. The maximum absolute atomic E-state index is 13.6. The van der Waals surface area contributed by atoms with Crippen LogP contribution in [0.25, 0.3) is 21.3 Å². The van der Waals surface area contributed by atoms with Gasteiger partial charge in [-0.2, -0.15) is 0 Å². The molecule has 1 unspecified atom stereocenters. The number of piperidine rings is 1. The van der Waals surface area contributed by atoms with E-state index in [1.807, 2.05) is 104 Å². The second-order valence-corrected chi connectivity index (χ2v) is 19.2. The molecule has 16 heteroatoms. The van der Waals surface area contributed by atoms with E-state index in [9.17, 15) is 24.3 Å². The topological polar surface area (TPSA) is 193 Å². The van der Waals surface area contributed by atoms with Crippen molar-refractivity contribution < 1.29 is 29.0 Å². The van der Waals surface area contributed by atoms with E-state index in [0.717, 1.165) is 114 Å². The van der Waals surface area contributed by atoms with Gasteiger partial charge in [-0.3, -0.25) is 29.9 Å². The summed E-state index contributed by atoms with van der Waals surface area (Å²) in [5.74, 6) is -1.38. The average molecular weight is 962 g/mol. The lowest BCUT2D eigenvalue weighted by molar-refractivity contribution is -0.134. The van der Waals surface area contributed by atoms with Crippen molar-refractivity contribution in [3.8, 4) is 16.9 Å². The Morgan fingerprint density at radius 2 is 1.64 bits per heavy atom. The Kier molecular flexibility index (Phi) is 14.8. The van der Waals surface area contributed by atoms with Crippen molar-refractivity contribution in [2.45, 2.75) is 64.8 Å². The molecule has 3 amide bonds. The predicted octanol–water partition coefficient (Wildman–Crippen LogP) is 8.79. The molecule has 5 heterocycles. The maximum atomic E-state index is 13.6. The second-order valence-electron chi connectivity index (χ2n) is 18.2. The highest BCUT2D eigenvalue weighted by molar-refractivity contribution is 7.22. The van der Waals surface area contributed by atoms with E-state index in [1.54, 1.807) is 0 Å². The number of anilines is 4. The quantitative estimate of drug-likeness (QED) is 0.0313. The van der Waals surface area contributed by atoms with E-state index in [4.69, 9.17) is 15.1 Å². The molecule has 4 aromatic carbocycles. The van der Waals surface area contributed by atoms with Gasteiger partial charge in [0, 0.05) is 80.8 Å². The van der Waals surface area contributed by atoms with Crippen LogP contribution in [0, 0.1) is 18.3 Å². The van der Waals surface area contributed by atoms with Crippen molar-refractivity contribution in [2.24, 2.45) is 5.92 Å². The van der Waals surface area contributed by atoms with Gasteiger partial charge < -0.3 is 30.4 Å². The number of para-hydroxylation sites is 1. The van der Waals surface area contributed by atoms with Crippen LogP contribution < -0.4 is 30.5 Å². The van der Waals surface area contributed by atoms with Crippen LogP contribution in [0.4, 0.5) is 22.3 Å². The lowest BCUT2D eigenvalue weighted by Gasteiger charge is -2.36. The highest BCUT2D eigenvalue weighted by Gasteiger charge is 2.32. The fourth-order valence-electron chi connectivity index (χ4n) is 9.85. The predicted molar refractivity (Wildman–Crippen MR) is 276 cm³/mol. The van der Waals surface area contributed by atoms with Crippen molar-refractivity contribution in [2.75, 3.05) is 73.4 Å². The molecular formula is C54H59N9O6S. The number of thiazole rings is 1. The van der Waals surface area contributed by atoms with Crippen LogP contribution in [0.5, 0.6) is 5.75 Å². The van der Waals surface area contributed by atoms with Crippen LogP contribution in [0.1, 0.15) is 88.0 Å². The maximum Gasteiger partial charge on any atom is 0.355 e. The zero-order valence-electron chi connectivity index (χ0n) is 39.7. The molecule has 1 atom stereocenters. The number of nitrogens with one attached hydrogen (secondary N) is 4. The first kappa shape index (κ1) is 47.9. The summed E-state index contributed by atoms with van der Waals surface area (Å²) in [4.78, 5) is 66.7. The van der Waals surface area contributed by atoms with E-state index < -0.39 is 17.8 Å². The second kappa shape index (κ2) is 21.6. The van der Waals surface area contributed by atoms with Gasteiger partial charge in [0.15, 0.2) is 10.8 Å². The molecule has 362 valence electrons. The number of hydrogen-bond donors (Lipinski definition) is 5. The van der Waals surface area contributed by atoms with Gasteiger partial charge in [0.25, 0.3) is 5.91 Å². The monoisotopic (exact) mass is 961 g/mol. The molecule has 0 aliphatic carbocycles. The minimum absolute atomic E-state index is 0.0339. The number of amides is 3. The zero-order chi connectivity index (χ0) is 48.7. The number of piperazine rings is 1. The number of aromatic carboxylic acids is 1. The van der Waals surface area contributed by atoms with Gasteiger partial charge in [-0.25, -0.2) is 14.8 Å². The van der Waals surface area contributed by atoms with Gasteiger partial charge in [0.05, 0.1) is 28.5 Å². The SMILES string of the molecule is CNc1cc(N2CCN(CCCCCCCOc3cccc(-c4ccc(N5CCc6cccc(C(=O)Nc7nc8ccccc8s7)c6C5)nc4C(=O)O)c3C)CC2)ccc1C(=N)C1CCC(=O)NC1=O. The van der Waals surface area contributed by atoms with Crippen molar-refractivity contribution in [1.82, 2.24) is 20.2 Å². The van der Waals surface area contributed by atoms with Crippen molar-refractivity contribution >= 4 is 73.3 Å². The number of pyridine rings is 1. The lowest BCUT2D eigenvalue weighted by atomic mass is 9.88. The first-order valence-electron chi connectivity index (χ1n) is 24.3. The summed E-state index contributed by atoms with van der Waals surface area (Å²) >= 11 is 1.43. The molecule has 3 aliphatic rings. The van der Waals surface area contributed by atoms with E-state index in [-0.39, 0.29) is 29.6 Å². The molecule has 2 fully saturated rings. The van der Waals surface area contributed by atoms with Crippen LogP contribution in [0.2, 0.25) is 0 Å². The summed E-state index contributed by atoms with van der Waals surface area (Å²) in [6, 6.07) is 29.0. The summed E-state index contributed by atoms with van der Waals surface area (Å²) < 4.78 is 7.28. The van der Waals surface area contributed by atoms with Gasteiger partial charge in [0.1, 0.15) is 11.6 Å². The summed E-state index contributed by atoms with van der Waals surface area (Å²) in [5, 5.41) is 28.3. The number of ether oxygens (including phenoxy) is 1. The summed E-state index contributed by atoms with van der Waals surface area (Å²) in [6.45, 7) is 8.41. The number of rotatable bonds is 18. The van der Waals surface area contributed by atoms with Gasteiger partial charge in [0.2, 0.25) is 11.8 Å². The zero-order valence-corrected chi connectivity index (χ0v) is 40.5. The first-order valence-corrected chi connectivity index (χ1v) is 25.1. The molecule has 0 spiro atoms. The number of carbonyl (C=O) groups excluding carboxylic acids is 3. The van der Waals surface area contributed by atoms with Crippen molar-refractivity contribution in [3.05, 3.63) is 125 Å². The van der Waals surface area contributed by atoms with E-state index >= 15 is 0 Å². The van der Waals surface area contributed by atoms with Gasteiger partial charge in [-0.05, 0) is 116 Å². The number of aromatic nitrogens is 2. The molecule has 70 heavy (non-hydrogen) atoms. The minimum atomic E-state index is -1.11. The van der Waals surface area contributed by atoms with Gasteiger partial charge in [-0.1, -0.05) is 67.0 Å². The number of fused-ring (bicyclic) bond motifs is 2. The van der Waals surface area contributed by atoms with E-state index in [2.05, 4.69) is 36.8 Å². The third kappa shape index (κ3) is 10.7. The van der Waals surface area contributed by atoms with Crippen LogP contribution in [0.3, 0.4) is 0 Å². The molecule has 15 nitrogen and oxygen atoms in total. The smallest absolute Gasteiger partial charge is 0.355 e. The Balaban J connectivity index is 0.725. The first-order chi connectivity index (χ1) is 34.0. The highest BCUT2D eigenvalue weighted by atomic mass is 32.1. The van der Waals surface area contributed by atoms with Gasteiger partial charge in [-0.15, -0.1) is 0 Å². The molecular weight excluding hydrogens is 903 g/mol. The third-order valence-electron chi connectivity index (χ3n) is 13.8. The molecule has 2 aromatic heterocycles. The standard InChI is InChI=1S/C54H59N9O6S/c1-34-37(38-20-22-47(58-50(38)53(67)68)63-26-24-35-12-10-14-39(42(35)33-63)51(65)60-54-57-43-15-6-7-17-46(43)70-54)13-11-16-45(34)69-31-9-5-3-4-8-25-61-27-29-62(30-28-61)36-18-19-40(44(32-36)56-2)49(55)41-21-23-48(64)59-52(41)66/h6-7,10-20,22,32,41,55-56H,3-5,8-9,21,23-31,33H2,1-2H3,(H,67,68)(H,57,60,65)(H,59,64,66). The molecule has 0 saturated carbocycles. The molecule has 5 N–H and O–H groups in total. The molecule has 6 aromatic rings. The summed E-state index contributed by atoms with van der Waals surface area (Å²) in [5.41, 5.74) is 8.30. The number of nitrogens with zero attached hydrogens (tertiary/aromatic N) is 5. The van der Waals surface area contributed by atoms with Crippen LogP contribution in [-0.4, -0.2) is 102 Å². The largest absolute Gasteiger partial charge is 0.493 e. The highest BCUT2D eigenvalue weighted by Crippen LogP contribution is 2.35. The normalized spacial score (nSPS) is 16.2. The Morgan fingerprint density at radius 3 is 2.44 bits per heavy atom. The van der Waals surface area contributed by atoms with E-state index in [1.165, 1.54) is 11.3 Å². The number of unbranched alkanes of at least 4 members (excludes halogenated alkanes) is 4. The Hall–Kier alpha value is -7.17. The summed E-state index contributed by atoms with van der Waals surface area (Å²) in [6.07, 6.45) is 6.67. The van der Waals surface area contributed by atoms with Crippen molar-refractivity contribution in [1.29, 1.82) is 5.41 Å². The number of benzene rings is 4. The Labute approximate surface area is 411 Å². The molecule has 0 radical (unpaired) electrons. The molecule has 9 rings (SSSR count). The summed E-state index contributed by atoms with van der Waals surface area (Å²) in [7, 11) is 1.83. The number of imide groups is 1. The Bertz CT molecular complexity index is 2910. The molecule has 0 bridgehead atoms. The van der Waals surface area contributed by atoms with Crippen molar-refractivity contribution in [3.63, 3.8) is 0 Å². The number of carbonyl (C=O) groups is 4. The van der Waals surface area contributed by atoms with Crippen LogP contribution in [-0.2, 0) is 22.6 Å². The lowest BCUT2D eigenvalue weighted by Crippen LogP contribution is -2.46. The minimum Gasteiger partial charge on any atom is -0.493 e. The third-order valence-corrected chi connectivity index (χ3v) is 14.7.